The van der Waals surface area contributed by atoms with Crippen LogP contribution in [-0.2, 0) is 0 Å². The molecule has 0 atom stereocenters. The molecule has 3 heteroatoms. The molecule has 2 rings (SSSR count). The van der Waals surface area contributed by atoms with Crippen molar-refractivity contribution in [3.05, 3.63) is 0 Å². The van der Waals surface area contributed by atoms with Gasteiger partial charge in [0.05, 0.1) is 0 Å². The molecule has 2 aliphatic rings. The zero-order chi connectivity index (χ0) is 9.64. The van der Waals surface area contributed by atoms with Gasteiger partial charge in [0.25, 0.3) is 0 Å². The Bertz CT molecular complexity index is 151. The summed E-state index contributed by atoms with van der Waals surface area (Å²) >= 11 is 2.10. The highest BCUT2D eigenvalue weighted by molar-refractivity contribution is 7.99. The van der Waals surface area contributed by atoms with Crippen LogP contribution in [0.3, 0.4) is 0 Å². The molecule has 0 unspecified atom stereocenters. The minimum Gasteiger partial charge on any atom is -0.313 e. The monoisotopic (exact) mass is 214 g/mol. The Kier molecular flexibility index (Phi) is 4.61. The van der Waals surface area contributed by atoms with E-state index in [1.165, 1.54) is 63.4 Å². The minimum atomic E-state index is 0.842. The van der Waals surface area contributed by atoms with Crippen molar-refractivity contribution in [2.45, 2.75) is 31.7 Å². The normalized spacial score (nSPS) is 25.7. The van der Waals surface area contributed by atoms with Gasteiger partial charge >= 0.3 is 0 Å². The van der Waals surface area contributed by atoms with Crippen molar-refractivity contribution in [3.63, 3.8) is 0 Å². The van der Waals surface area contributed by atoms with Gasteiger partial charge in [-0.1, -0.05) is 12.8 Å². The molecule has 0 aromatic rings. The van der Waals surface area contributed by atoms with Crippen LogP contribution in [0.2, 0.25) is 0 Å². The summed E-state index contributed by atoms with van der Waals surface area (Å²) < 4.78 is 0. The van der Waals surface area contributed by atoms with E-state index in [9.17, 15) is 0 Å². The topological polar surface area (TPSA) is 15.3 Å². The number of thioether (sulfide) groups is 1. The lowest BCUT2D eigenvalue weighted by Crippen LogP contribution is -2.39. The van der Waals surface area contributed by atoms with E-state index in [0.717, 1.165) is 6.04 Å². The third-order valence-electron chi connectivity index (χ3n) is 3.32. The van der Waals surface area contributed by atoms with Crippen molar-refractivity contribution in [2.24, 2.45) is 0 Å². The molecule has 2 nitrogen and oxygen atoms in total. The van der Waals surface area contributed by atoms with Crippen LogP contribution in [0.15, 0.2) is 0 Å². The van der Waals surface area contributed by atoms with E-state index in [0.29, 0.717) is 0 Å². The maximum Gasteiger partial charge on any atom is 0.0108 e. The first kappa shape index (κ1) is 10.8. The van der Waals surface area contributed by atoms with Crippen LogP contribution in [0.1, 0.15) is 25.7 Å². The van der Waals surface area contributed by atoms with E-state index >= 15 is 0 Å². The lowest BCUT2D eigenvalue weighted by molar-refractivity contribution is 0.295. The molecular formula is C11H22N2S. The SMILES string of the molecule is C1CCC(NCCN2CCSCC2)C1. The van der Waals surface area contributed by atoms with Crippen molar-refractivity contribution >= 4 is 11.8 Å². The first-order chi connectivity index (χ1) is 6.95. The molecule has 1 aliphatic carbocycles. The molecule has 0 aromatic carbocycles. The van der Waals surface area contributed by atoms with E-state index in [1.807, 2.05) is 0 Å². The van der Waals surface area contributed by atoms with E-state index in [-0.39, 0.29) is 0 Å². The van der Waals surface area contributed by atoms with Crippen LogP contribution in [-0.4, -0.2) is 48.6 Å². The second-order valence-electron chi connectivity index (χ2n) is 4.39. The quantitative estimate of drug-likeness (QED) is 0.765. The van der Waals surface area contributed by atoms with Crippen LogP contribution in [0.5, 0.6) is 0 Å². The minimum absolute atomic E-state index is 0.842. The summed E-state index contributed by atoms with van der Waals surface area (Å²) in [5.74, 6) is 2.67. The van der Waals surface area contributed by atoms with E-state index < -0.39 is 0 Å². The van der Waals surface area contributed by atoms with Crippen LogP contribution < -0.4 is 5.32 Å². The lowest BCUT2D eigenvalue weighted by atomic mass is 10.2. The van der Waals surface area contributed by atoms with Crippen LogP contribution in [0.25, 0.3) is 0 Å². The van der Waals surface area contributed by atoms with Crippen LogP contribution in [0, 0.1) is 0 Å². The highest BCUT2D eigenvalue weighted by Crippen LogP contribution is 2.17. The second kappa shape index (κ2) is 5.99. The van der Waals surface area contributed by atoms with Gasteiger partial charge < -0.3 is 10.2 Å². The number of nitrogens with zero attached hydrogens (tertiary/aromatic N) is 1. The summed E-state index contributed by atoms with van der Waals surface area (Å²) in [6, 6.07) is 0.842. The fourth-order valence-electron chi connectivity index (χ4n) is 2.38. The molecule has 0 amide bonds. The third-order valence-corrected chi connectivity index (χ3v) is 4.26. The summed E-state index contributed by atoms with van der Waals surface area (Å²) in [5, 5.41) is 3.68. The van der Waals surface area contributed by atoms with Gasteiger partial charge in [-0.05, 0) is 12.8 Å². The highest BCUT2D eigenvalue weighted by atomic mass is 32.2. The Hall–Kier alpha value is 0.270. The molecule has 1 aliphatic heterocycles. The summed E-state index contributed by atoms with van der Waals surface area (Å²) in [7, 11) is 0. The molecule has 0 radical (unpaired) electrons. The van der Waals surface area contributed by atoms with Gasteiger partial charge in [-0.3, -0.25) is 0 Å². The van der Waals surface area contributed by atoms with Crippen LogP contribution in [0.4, 0.5) is 0 Å². The molecule has 0 aromatic heterocycles. The van der Waals surface area contributed by atoms with Crippen molar-refractivity contribution in [2.75, 3.05) is 37.7 Å². The molecular weight excluding hydrogens is 192 g/mol. The van der Waals surface area contributed by atoms with Crippen molar-refractivity contribution in [3.8, 4) is 0 Å². The summed E-state index contributed by atoms with van der Waals surface area (Å²) in [6.45, 7) is 5.07. The molecule has 14 heavy (non-hydrogen) atoms. The zero-order valence-electron chi connectivity index (χ0n) is 9.00. The van der Waals surface area contributed by atoms with Gasteiger partial charge in [0.15, 0.2) is 0 Å². The smallest absolute Gasteiger partial charge is 0.0108 e. The maximum atomic E-state index is 3.68. The van der Waals surface area contributed by atoms with E-state index in [2.05, 4.69) is 22.0 Å². The fraction of sp³-hybridized carbons (Fsp3) is 1.00. The standard InChI is InChI=1S/C11H22N2S/c1-2-4-11(3-1)12-5-6-13-7-9-14-10-8-13/h11-12H,1-10H2. The molecule has 1 N–H and O–H groups in total. The number of rotatable bonds is 4. The van der Waals surface area contributed by atoms with E-state index in [1.54, 1.807) is 0 Å². The number of hydrogen-bond donors (Lipinski definition) is 1. The second-order valence-corrected chi connectivity index (χ2v) is 5.61. The summed E-state index contributed by atoms with van der Waals surface area (Å²) in [4.78, 5) is 2.60. The number of nitrogens with one attached hydrogen (secondary N) is 1. The molecule has 0 spiro atoms. The molecule has 82 valence electrons. The largest absolute Gasteiger partial charge is 0.313 e. The maximum absolute atomic E-state index is 3.68. The van der Waals surface area contributed by atoms with Crippen molar-refractivity contribution < 1.29 is 0 Å². The molecule has 1 saturated heterocycles. The van der Waals surface area contributed by atoms with Crippen molar-refractivity contribution in [1.82, 2.24) is 10.2 Å². The molecule has 0 bridgehead atoms. The Balaban J connectivity index is 1.52. The number of hydrogen-bond acceptors (Lipinski definition) is 3. The summed E-state index contributed by atoms with van der Waals surface area (Å²) in [6.07, 6.45) is 5.71. The third kappa shape index (κ3) is 3.44. The Morgan fingerprint density at radius 1 is 1.14 bits per heavy atom. The van der Waals surface area contributed by atoms with Crippen molar-refractivity contribution in [1.29, 1.82) is 0 Å². The van der Waals surface area contributed by atoms with E-state index in [4.69, 9.17) is 0 Å². The van der Waals surface area contributed by atoms with Gasteiger partial charge in [-0.2, -0.15) is 11.8 Å². The lowest BCUT2D eigenvalue weighted by Gasteiger charge is -2.26. The van der Waals surface area contributed by atoms with Gasteiger partial charge in [0.2, 0.25) is 0 Å². The predicted molar refractivity (Wildman–Crippen MR) is 64.0 cm³/mol. The highest BCUT2D eigenvalue weighted by Gasteiger charge is 2.14. The molecule has 2 fully saturated rings. The average molecular weight is 214 g/mol. The Morgan fingerprint density at radius 3 is 2.57 bits per heavy atom. The Morgan fingerprint density at radius 2 is 1.86 bits per heavy atom. The van der Waals surface area contributed by atoms with Gasteiger partial charge in [0, 0.05) is 43.7 Å². The average Bonchev–Trinajstić information content (AvgIpc) is 2.72. The first-order valence-corrected chi connectivity index (χ1v) is 7.14. The van der Waals surface area contributed by atoms with Gasteiger partial charge in [-0.15, -0.1) is 0 Å². The summed E-state index contributed by atoms with van der Waals surface area (Å²) in [5.41, 5.74) is 0. The van der Waals surface area contributed by atoms with Crippen LogP contribution >= 0.6 is 11.8 Å². The first-order valence-electron chi connectivity index (χ1n) is 5.98. The predicted octanol–water partition coefficient (Wildman–Crippen LogP) is 1.57. The zero-order valence-corrected chi connectivity index (χ0v) is 9.82. The molecule has 1 saturated carbocycles. The fourth-order valence-corrected chi connectivity index (χ4v) is 3.36. The Labute approximate surface area is 91.8 Å². The molecule has 1 heterocycles. The van der Waals surface area contributed by atoms with Gasteiger partial charge in [-0.25, -0.2) is 0 Å². The van der Waals surface area contributed by atoms with Gasteiger partial charge in [0.1, 0.15) is 0 Å².